The van der Waals surface area contributed by atoms with Crippen LogP contribution in [0.5, 0.6) is 5.75 Å². The van der Waals surface area contributed by atoms with E-state index in [0.717, 1.165) is 15.8 Å². The van der Waals surface area contributed by atoms with Crippen molar-refractivity contribution in [2.75, 3.05) is 39.3 Å². The number of phenolic OH excluding ortho intramolecular Hbond substituents is 1. The average Bonchev–Trinajstić information content (AvgIpc) is 1.64. The number of aliphatic carboxylic acids is 2. The van der Waals surface area contributed by atoms with Gasteiger partial charge in [-0.1, -0.05) is 78.3 Å². The Kier molecular flexibility index (Phi) is 43.2. The summed E-state index contributed by atoms with van der Waals surface area (Å²) in [5.41, 5.74) is 31.3. The third kappa shape index (κ3) is 32.6. The SMILES string of the molecule is CC[C@H](C)[C@H](NC(=O)[C@H](CC(C)C)NC(=O)[C@H](CC(C)C)NC(=O)[C@@H](NC(=O)[C@@H]1CCCN1C(=O)[C@@H]1CCCN1C(=O)[C@H](CCCCN)NC(=O)[C@H](CCC(=O)O)NC(=O)[C@@H]1CCCN1C(=O)[C@H](CCCCN)NC(=O)[C@H](CCC(N)=O)NC(=O)[C@H](CCC(N)=O)NC(=O)[C@H](Cc1ccc(O)cc1)NC(=O)[C@@H](N)Cc1c[nH]c2ccccc12)[C@@H](C)O)C(=O)N[C@@H](CO)C(=O)O. The number of hydrogen-bond donors (Lipinski definition) is 22. The highest BCUT2D eigenvalue weighted by molar-refractivity contribution is 6.02. The summed E-state index contributed by atoms with van der Waals surface area (Å²) in [5.74, 6) is -18.4. The number of carbonyl (C=O) groups excluding carboxylic acids is 16. The molecule has 0 aliphatic carbocycles. The average molecular weight is 1830 g/mol. The Morgan fingerprint density at radius 2 is 0.885 bits per heavy atom. The lowest BCUT2D eigenvalue weighted by Gasteiger charge is -2.34. The predicted molar refractivity (Wildman–Crippen MR) is 472 cm³/mol. The van der Waals surface area contributed by atoms with Crippen molar-refractivity contribution in [2.24, 2.45) is 46.4 Å². The standard InChI is InChI=1S/C87H134N20O23/c1-8-48(6)71(82(124)102-64(45-108)87(129)130)103-79(121)62(41-47(4)5)100-77(119)61(40-46(2)3)101-83(125)72(49(7)109)104-81(123)66-23-16-38-106(66)86(128)67-24-17-39-107(67)85(127)60(21-12-14-36-89)98-76(118)58(31-34-70(113)114)96-80(122)65-22-15-37-105(65)84(126)59(20-11-13-35-88)97-75(117)57(30-33-69(92)112)94-74(116)56(29-32-68(91)111)95-78(120)63(42-50-25-27-52(110)28-26-50)99-73(115)54(90)43-51-44-93-55-19-10-9-18-53(51)55/h9-10,18-19,25-28,44,46-49,54,56-67,71-72,93,108-110H,8,11-17,20-24,29-43,45,88-90H2,1-7H3,(H2,91,111)(H2,92,112)(H,94,116)(H,95,120)(H,96,122)(H,97,117)(H,98,118)(H,99,115)(H,100,119)(H,101,125)(H,102,124)(H,103,121)(H,104,123)(H,113,114)(H,129,130)/t48-,49+,54-,56-,57-,58-,59-,60-,61-,62-,63-,64-,65-,66-,67-,71-,72-/m0/s1. The number of likely N-dealkylation sites (tertiary alicyclic amines) is 3. The number of nitrogens with one attached hydrogen (secondary N) is 12. The van der Waals surface area contributed by atoms with Crippen molar-refractivity contribution < 1.29 is 112 Å². The van der Waals surface area contributed by atoms with Gasteiger partial charge in [0.05, 0.1) is 18.8 Å². The summed E-state index contributed by atoms with van der Waals surface area (Å²) in [6.07, 6.45) is -1.24. The number of aliphatic hydroxyl groups is 2. The monoisotopic (exact) mass is 1830 g/mol. The number of carboxylic acids is 2. The van der Waals surface area contributed by atoms with E-state index < -0.39 is 254 Å². The van der Waals surface area contributed by atoms with E-state index in [1.54, 1.807) is 47.7 Å². The smallest absolute Gasteiger partial charge is 0.328 e. The van der Waals surface area contributed by atoms with Crippen LogP contribution in [0.15, 0.2) is 54.7 Å². The largest absolute Gasteiger partial charge is 0.508 e. The molecule has 0 radical (unpaired) electrons. The summed E-state index contributed by atoms with van der Waals surface area (Å²) >= 11 is 0. The van der Waals surface area contributed by atoms with Gasteiger partial charge in [0.2, 0.25) is 94.5 Å². The van der Waals surface area contributed by atoms with Gasteiger partial charge in [-0.25, -0.2) is 4.79 Å². The van der Waals surface area contributed by atoms with E-state index in [1.807, 2.05) is 24.3 Å². The van der Waals surface area contributed by atoms with Crippen molar-refractivity contribution in [1.29, 1.82) is 0 Å². The number of hydrogen-bond acceptors (Lipinski definition) is 24. The van der Waals surface area contributed by atoms with Gasteiger partial charge in [-0.3, -0.25) is 81.5 Å². The summed E-state index contributed by atoms with van der Waals surface area (Å²) in [7, 11) is 0. The van der Waals surface area contributed by atoms with Gasteiger partial charge in [-0.15, -0.1) is 0 Å². The van der Waals surface area contributed by atoms with Gasteiger partial charge in [0.25, 0.3) is 0 Å². The van der Waals surface area contributed by atoms with Crippen molar-refractivity contribution in [3.05, 3.63) is 65.9 Å². The van der Waals surface area contributed by atoms with Crippen molar-refractivity contribution in [3.63, 3.8) is 0 Å². The fraction of sp³-hybridized carbons (Fsp3) is 0.632. The number of aromatic amines is 1. The fourth-order valence-corrected chi connectivity index (χ4v) is 16.0. The van der Waals surface area contributed by atoms with E-state index in [4.69, 9.17) is 28.7 Å². The zero-order valence-electron chi connectivity index (χ0n) is 75.0. The maximum absolute atomic E-state index is 15.1. The molecule has 27 N–H and O–H groups in total. The molecule has 3 aliphatic heterocycles. The number of rotatable bonds is 55. The van der Waals surface area contributed by atoms with Crippen LogP contribution in [-0.4, -0.2) is 288 Å². The number of amides is 16. The van der Waals surface area contributed by atoms with Crippen molar-refractivity contribution in [2.45, 2.75) is 293 Å². The maximum atomic E-state index is 15.1. The molecule has 1 aromatic heterocycles. The van der Waals surface area contributed by atoms with E-state index >= 15 is 9.59 Å². The maximum Gasteiger partial charge on any atom is 0.328 e. The number of nitrogens with zero attached hydrogens (tertiary/aromatic N) is 3. The first-order valence-corrected chi connectivity index (χ1v) is 44.7. The molecule has 3 aromatic rings. The second-order valence-corrected chi connectivity index (χ2v) is 34.6. The van der Waals surface area contributed by atoms with Crippen LogP contribution in [0.1, 0.15) is 194 Å². The number of para-hydroxylation sites is 1. The first-order valence-electron chi connectivity index (χ1n) is 44.7. The Labute approximate surface area is 754 Å². The number of carboxylic acid groups (broad SMARTS) is 2. The first-order chi connectivity index (χ1) is 61.6. The van der Waals surface area contributed by atoms with E-state index in [-0.39, 0.29) is 140 Å². The van der Waals surface area contributed by atoms with Crippen LogP contribution in [0.3, 0.4) is 0 Å². The van der Waals surface area contributed by atoms with Gasteiger partial charge in [0.1, 0.15) is 90.3 Å². The van der Waals surface area contributed by atoms with Gasteiger partial charge >= 0.3 is 11.9 Å². The lowest BCUT2D eigenvalue weighted by Crippen LogP contribution is -2.62. The Hall–Kier alpha value is -12.0. The molecule has 17 atom stereocenters. The van der Waals surface area contributed by atoms with Gasteiger partial charge in [0.15, 0.2) is 0 Å². The first kappa shape index (κ1) is 107. The minimum Gasteiger partial charge on any atom is -0.508 e. The number of aromatic nitrogens is 1. The molecule has 43 nitrogen and oxygen atoms in total. The number of H-pyrrole nitrogens is 1. The topological polar surface area (TPSA) is 696 Å². The number of phenols is 1. The van der Waals surface area contributed by atoms with E-state index in [9.17, 15) is 102 Å². The number of carbonyl (C=O) groups is 18. The number of nitrogens with two attached hydrogens (primary N) is 5. The molecule has 2 aromatic carbocycles. The molecule has 720 valence electrons. The Balaban J connectivity index is 1.16. The zero-order valence-corrected chi connectivity index (χ0v) is 75.0. The molecule has 3 saturated heterocycles. The van der Waals surface area contributed by atoms with Gasteiger partial charge in [-0.05, 0) is 183 Å². The highest BCUT2D eigenvalue weighted by Crippen LogP contribution is 2.29. The van der Waals surface area contributed by atoms with Crippen LogP contribution in [0.4, 0.5) is 0 Å². The minimum absolute atomic E-state index is 0.00103. The summed E-state index contributed by atoms with van der Waals surface area (Å²) < 4.78 is 0. The van der Waals surface area contributed by atoms with Crippen molar-refractivity contribution in [1.82, 2.24) is 78.2 Å². The van der Waals surface area contributed by atoms with Gasteiger partial charge in [-0.2, -0.15) is 0 Å². The molecule has 3 fully saturated rings. The lowest BCUT2D eigenvalue weighted by atomic mass is 9.96. The predicted octanol–water partition coefficient (Wildman–Crippen LogP) is -3.46. The van der Waals surface area contributed by atoms with E-state index in [0.29, 0.717) is 30.4 Å². The van der Waals surface area contributed by atoms with Crippen molar-refractivity contribution >= 4 is 117 Å². The number of fused-ring (bicyclic) bond motifs is 1. The minimum atomic E-state index is -1.74. The summed E-state index contributed by atoms with van der Waals surface area (Å²) in [4.78, 5) is 258. The third-order valence-electron chi connectivity index (χ3n) is 23.3. The second-order valence-electron chi connectivity index (χ2n) is 34.6. The number of benzene rings is 2. The summed E-state index contributed by atoms with van der Waals surface area (Å²) in [6.45, 7) is 10.8. The molecule has 130 heavy (non-hydrogen) atoms. The zero-order chi connectivity index (χ0) is 96.3. The highest BCUT2D eigenvalue weighted by atomic mass is 16.4. The molecule has 16 amide bonds. The Morgan fingerprint density at radius 3 is 1.38 bits per heavy atom. The quantitative estimate of drug-likeness (QED) is 0.0244. The number of aliphatic hydroxyl groups excluding tert-OH is 2. The molecular weight excluding hydrogens is 1690 g/mol. The third-order valence-corrected chi connectivity index (χ3v) is 23.3. The van der Waals surface area contributed by atoms with Crippen LogP contribution in [0.2, 0.25) is 0 Å². The molecule has 0 spiro atoms. The normalized spacial score (nSPS) is 18.2. The lowest BCUT2D eigenvalue weighted by molar-refractivity contribution is -0.148. The van der Waals surface area contributed by atoms with Crippen LogP contribution >= 0.6 is 0 Å². The number of aromatic hydroxyl groups is 1. The Morgan fingerprint density at radius 1 is 0.462 bits per heavy atom. The highest BCUT2D eigenvalue weighted by Gasteiger charge is 2.47. The van der Waals surface area contributed by atoms with Crippen LogP contribution in [0, 0.1) is 17.8 Å². The van der Waals surface area contributed by atoms with Crippen LogP contribution in [-0.2, 0) is 99.1 Å². The van der Waals surface area contributed by atoms with Crippen LogP contribution < -0.4 is 87.2 Å². The van der Waals surface area contributed by atoms with Gasteiger partial charge < -0.3 is 132 Å². The molecular formula is C87H134N20O23. The van der Waals surface area contributed by atoms with Gasteiger partial charge in [0, 0.05) is 62.4 Å². The molecule has 43 heteroatoms. The van der Waals surface area contributed by atoms with E-state index in [1.165, 1.54) is 41.0 Å². The number of primary amides is 2. The Bertz CT molecular complexity index is 4410. The van der Waals surface area contributed by atoms with E-state index in [2.05, 4.69) is 63.5 Å². The molecule has 4 heterocycles. The summed E-state index contributed by atoms with van der Waals surface area (Å²) in [5, 5.41) is 79.3. The number of unbranched alkanes of at least 4 members (excludes halogenated alkanes) is 2. The summed E-state index contributed by atoms with van der Waals surface area (Å²) in [6, 6.07) is -8.98. The molecule has 0 unspecified atom stereocenters. The molecule has 3 aliphatic rings. The fourth-order valence-electron chi connectivity index (χ4n) is 16.0. The van der Waals surface area contributed by atoms with Crippen molar-refractivity contribution in [3.8, 4) is 5.75 Å². The second kappa shape index (κ2) is 52.6. The molecule has 0 bridgehead atoms. The van der Waals surface area contributed by atoms with Crippen LogP contribution in [0.25, 0.3) is 10.9 Å². The molecule has 0 saturated carbocycles. The molecule has 6 rings (SSSR count).